The predicted molar refractivity (Wildman–Crippen MR) is 102 cm³/mol. The van der Waals surface area contributed by atoms with Gasteiger partial charge in [0, 0.05) is 23.1 Å². The highest BCUT2D eigenvalue weighted by Crippen LogP contribution is 2.32. The molecule has 0 saturated heterocycles. The van der Waals surface area contributed by atoms with E-state index in [0.29, 0.717) is 17.5 Å². The van der Waals surface area contributed by atoms with Gasteiger partial charge >= 0.3 is 0 Å². The van der Waals surface area contributed by atoms with Gasteiger partial charge in [0.2, 0.25) is 0 Å². The normalized spacial score (nSPS) is 14.7. The first kappa shape index (κ1) is 18.1. The van der Waals surface area contributed by atoms with Gasteiger partial charge in [-0.25, -0.2) is 0 Å². The zero-order valence-electron chi connectivity index (χ0n) is 15.4. The van der Waals surface area contributed by atoms with Crippen LogP contribution in [0.4, 0.5) is 5.69 Å². The molecule has 3 rings (SSSR count). The smallest absolute Gasteiger partial charge is 0.257 e. The van der Waals surface area contributed by atoms with Crippen LogP contribution in [0.5, 0.6) is 5.75 Å². The van der Waals surface area contributed by atoms with E-state index in [2.05, 4.69) is 16.8 Å². The van der Waals surface area contributed by atoms with Crippen LogP contribution in [0.15, 0.2) is 30.3 Å². The van der Waals surface area contributed by atoms with E-state index in [9.17, 15) is 4.79 Å². The molecule has 1 N–H and O–H groups in total. The molecule has 5 nitrogen and oxygen atoms in total. The standard InChI is InChI=1S/C21H25N3O2/c1-15-14-20(16(2)24(15)18-6-4-3-5-7-18)21(25)23-17-8-10-19(11-9-17)26-13-12-22/h8-11,14,18H,3-7,13H2,1-2H3,(H,23,25). The molecule has 1 aromatic carbocycles. The van der Waals surface area contributed by atoms with Gasteiger partial charge in [-0.05, 0) is 57.0 Å². The monoisotopic (exact) mass is 351 g/mol. The number of ether oxygens (including phenoxy) is 1. The fraction of sp³-hybridized carbons (Fsp3) is 0.429. The second-order valence-electron chi connectivity index (χ2n) is 6.87. The number of hydrogen-bond donors (Lipinski definition) is 1. The fourth-order valence-electron chi connectivity index (χ4n) is 3.86. The summed E-state index contributed by atoms with van der Waals surface area (Å²) in [5.74, 6) is 0.519. The summed E-state index contributed by atoms with van der Waals surface area (Å²) in [7, 11) is 0. The lowest BCUT2D eigenvalue weighted by molar-refractivity contribution is 0.102. The number of nitrogens with zero attached hydrogens (tertiary/aromatic N) is 2. The Balaban J connectivity index is 1.73. The molecule has 1 amide bonds. The summed E-state index contributed by atoms with van der Waals surface area (Å²) in [6.07, 6.45) is 6.24. The average molecular weight is 351 g/mol. The summed E-state index contributed by atoms with van der Waals surface area (Å²) < 4.78 is 7.57. The Morgan fingerprint density at radius 3 is 2.58 bits per heavy atom. The lowest BCUT2D eigenvalue weighted by Crippen LogP contribution is -2.17. The van der Waals surface area contributed by atoms with Gasteiger partial charge in [0.25, 0.3) is 5.91 Å². The van der Waals surface area contributed by atoms with E-state index >= 15 is 0 Å². The summed E-state index contributed by atoms with van der Waals surface area (Å²) in [6, 6.07) is 11.5. The van der Waals surface area contributed by atoms with Gasteiger partial charge in [0.1, 0.15) is 11.8 Å². The molecule has 0 bridgehead atoms. The zero-order chi connectivity index (χ0) is 18.5. The number of hydrogen-bond acceptors (Lipinski definition) is 3. The third-order valence-electron chi connectivity index (χ3n) is 5.08. The van der Waals surface area contributed by atoms with Crippen molar-refractivity contribution in [2.24, 2.45) is 0 Å². The minimum atomic E-state index is -0.0918. The average Bonchev–Trinajstić information content (AvgIpc) is 2.96. The van der Waals surface area contributed by atoms with Gasteiger partial charge in [-0.2, -0.15) is 5.26 Å². The van der Waals surface area contributed by atoms with Crippen molar-refractivity contribution in [1.29, 1.82) is 5.26 Å². The molecule has 2 aromatic rings. The molecule has 1 aliphatic rings. The molecule has 26 heavy (non-hydrogen) atoms. The lowest BCUT2D eigenvalue weighted by Gasteiger charge is -2.26. The Labute approximate surface area is 154 Å². The topological polar surface area (TPSA) is 67.0 Å². The van der Waals surface area contributed by atoms with Crippen molar-refractivity contribution >= 4 is 11.6 Å². The van der Waals surface area contributed by atoms with E-state index in [1.54, 1.807) is 24.3 Å². The third kappa shape index (κ3) is 3.91. The minimum Gasteiger partial charge on any atom is -0.479 e. The number of nitriles is 1. The summed E-state index contributed by atoms with van der Waals surface area (Å²) in [5, 5.41) is 11.5. The van der Waals surface area contributed by atoms with Crippen LogP contribution in [0.25, 0.3) is 0 Å². The summed E-state index contributed by atoms with van der Waals surface area (Å²) in [6.45, 7) is 4.13. The van der Waals surface area contributed by atoms with Crippen LogP contribution in [0, 0.1) is 25.2 Å². The largest absolute Gasteiger partial charge is 0.479 e. The van der Waals surface area contributed by atoms with E-state index in [4.69, 9.17) is 10.00 Å². The first-order chi connectivity index (χ1) is 12.6. The Kier molecular flexibility index (Phi) is 5.62. The first-order valence-corrected chi connectivity index (χ1v) is 9.19. The van der Waals surface area contributed by atoms with Crippen molar-refractivity contribution in [3.05, 3.63) is 47.3 Å². The van der Waals surface area contributed by atoms with Crippen molar-refractivity contribution in [3.63, 3.8) is 0 Å². The van der Waals surface area contributed by atoms with Crippen molar-refractivity contribution in [1.82, 2.24) is 4.57 Å². The summed E-state index contributed by atoms with van der Waals surface area (Å²) >= 11 is 0. The molecule has 0 radical (unpaired) electrons. The van der Waals surface area contributed by atoms with Gasteiger partial charge in [0.15, 0.2) is 6.61 Å². The minimum absolute atomic E-state index is 0.0128. The SMILES string of the molecule is Cc1cc(C(=O)Nc2ccc(OCC#N)cc2)c(C)n1C1CCCCC1. The molecule has 1 fully saturated rings. The zero-order valence-corrected chi connectivity index (χ0v) is 15.4. The van der Waals surface area contributed by atoms with Crippen LogP contribution in [0.1, 0.15) is 59.9 Å². The van der Waals surface area contributed by atoms with Crippen LogP contribution in [-0.2, 0) is 0 Å². The molecule has 1 saturated carbocycles. The molecular formula is C21H25N3O2. The van der Waals surface area contributed by atoms with E-state index in [1.807, 2.05) is 19.1 Å². The number of nitrogens with one attached hydrogen (secondary N) is 1. The second kappa shape index (κ2) is 8.09. The van der Waals surface area contributed by atoms with Crippen LogP contribution >= 0.6 is 0 Å². The number of carbonyl (C=O) groups is 1. The molecule has 0 atom stereocenters. The molecule has 1 aliphatic carbocycles. The Morgan fingerprint density at radius 2 is 1.92 bits per heavy atom. The molecule has 1 heterocycles. The van der Waals surface area contributed by atoms with Gasteiger partial charge < -0.3 is 14.6 Å². The number of aromatic nitrogens is 1. The van der Waals surface area contributed by atoms with Crippen molar-refractivity contribution < 1.29 is 9.53 Å². The molecule has 0 spiro atoms. The Bertz CT molecular complexity index is 809. The second-order valence-corrected chi connectivity index (χ2v) is 6.87. The predicted octanol–water partition coefficient (Wildman–Crippen LogP) is 4.76. The first-order valence-electron chi connectivity index (χ1n) is 9.19. The molecule has 136 valence electrons. The molecular weight excluding hydrogens is 326 g/mol. The third-order valence-corrected chi connectivity index (χ3v) is 5.08. The lowest BCUT2D eigenvalue weighted by atomic mass is 9.95. The van der Waals surface area contributed by atoms with Gasteiger partial charge in [-0.1, -0.05) is 19.3 Å². The number of rotatable bonds is 5. The van der Waals surface area contributed by atoms with E-state index in [1.165, 1.54) is 32.1 Å². The van der Waals surface area contributed by atoms with Crippen LogP contribution < -0.4 is 10.1 Å². The fourth-order valence-corrected chi connectivity index (χ4v) is 3.86. The molecule has 0 aliphatic heterocycles. The van der Waals surface area contributed by atoms with E-state index in [-0.39, 0.29) is 12.5 Å². The maximum absolute atomic E-state index is 12.7. The van der Waals surface area contributed by atoms with Crippen molar-refractivity contribution in [2.45, 2.75) is 52.0 Å². The highest BCUT2D eigenvalue weighted by atomic mass is 16.5. The van der Waals surface area contributed by atoms with Gasteiger partial charge in [-0.3, -0.25) is 4.79 Å². The highest BCUT2D eigenvalue weighted by molar-refractivity contribution is 6.05. The maximum atomic E-state index is 12.7. The number of benzene rings is 1. The van der Waals surface area contributed by atoms with Crippen LogP contribution in [0.3, 0.4) is 0 Å². The van der Waals surface area contributed by atoms with E-state index in [0.717, 1.165) is 17.0 Å². The van der Waals surface area contributed by atoms with Crippen molar-refractivity contribution in [3.8, 4) is 11.8 Å². The van der Waals surface area contributed by atoms with Crippen LogP contribution in [-0.4, -0.2) is 17.1 Å². The van der Waals surface area contributed by atoms with Crippen LogP contribution in [0.2, 0.25) is 0 Å². The number of carbonyl (C=O) groups excluding carboxylic acids is 1. The van der Waals surface area contributed by atoms with Crippen molar-refractivity contribution in [2.75, 3.05) is 11.9 Å². The Hall–Kier alpha value is -2.74. The highest BCUT2D eigenvalue weighted by Gasteiger charge is 2.22. The molecule has 5 heteroatoms. The number of anilines is 1. The quantitative estimate of drug-likeness (QED) is 0.844. The molecule has 1 aromatic heterocycles. The number of aryl methyl sites for hydroxylation is 1. The number of amides is 1. The maximum Gasteiger partial charge on any atom is 0.257 e. The summed E-state index contributed by atoms with van der Waals surface area (Å²) in [5.41, 5.74) is 3.64. The van der Waals surface area contributed by atoms with Gasteiger partial charge in [-0.15, -0.1) is 0 Å². The van der Waals surface area contributed by atoms with Gasteiger partial charge in [0.05, 0.1) is 5.56 Å². The van der Waals surface area contributed by atoms with E-state index < -0.39 is 0 Å². The molecule has 0 unspecified atom stereocenters. The summed E-state index contributed by atoms with van der Waals surface area (Å²) in [4.78, 5) is 12.7. The Morgan fingerprint density at radius 1 is 1.23 bits per heavy atom.